The predicted octanol–water partition coefficient (Wildman–Crippen LogP) is 4.71. The Morgan fingerprint density at radius 3 is 2.33 bits per heavy atom. The van der Waals surface area contributed by atoms with Crippen LogP contribution in [0.3, 0.4) is 0 Å². The molecule has 0 spiro atoms. The Morgan fingerprint density at radius 2 is 1.81 bits per heavy atom. The summed E-state index contributed by atoms with van der Waals surface area (Å²) in [7, 11) is 1.50. The SMILES string of the molecule is C=CC(=C)Cn1ncc2cc(C)ccc21.CC.CC.CN. The van der Waals surface area contributed by atoms with Crippen molar-refractivity contribution in [3.63, 3.8) is 0 Å². The standard InChI is InChI=1S/C13H14N2.2C2H6.CH5N/c1-4-10(2)9-15-13-6-5-11(3)7-12(13)8-14-15;3*1-2/h4-8H,1-2,9H2,3H3;2*1-2H3;2H2,1H3. The van der Waals surface area contributed by atoms with Crippen LogP contribution in [0.4, 0.5) is 0 Å². The Hall–Kier alpha value is -1.87. The molecule has 0 amide bonds. The van der Waals surface area contributed by atoms with E-state index < -0.39 is 0 Å². The molecule has 2 aromatic rings. The van der Waals surface area contributed by atoms with Crippen LogP contribution in [-0.2, 0) is 6.54 Å². The molecule has 0 unspecified atom stereocenters. The Labute approximate surface area is 130 Å². The van der Waals surface area contributed by atoms with E-state index in [2.05, 4.69) is 49.1 Å². The molecule has 0 fully saturated rings. The number of benzene rings is 1. The fourth-order valence-electron chi connectivity index (χ4n) is 1.59. The number of rotatable bonds is 3. The summed E-state index contributed by atoms with van der Waals surface area (Å²) >= 11 is 0. The zero-order valence-corrected chi connectivity index (χ0v) is 14.5. The zero-order chi connectivity index (χ0) is 16.8. The molecule has 21 heavy (non-hydrogen) atoms. The number of allylic oxidation sites excluding steroid dienone is 2. The highest BCUT2D eigenvalue weighted by molar-refractivity contribution is 5.79. The van der Waals surface area contributed by atoms with Gasteiger partial charge in [-0.05, 0) is 31.7 Å². The van der Waals surface area contributed by atoms with Crippen LogP contribution >= 0.6 is 0 Å². The lowest BCUT2D eigenvalue weighted by Gasteiger charge is -2.03. The first-order valence-corrected chi connectivity index (χ1v) is 7.51. The van der Waals surface area contributed by atoms with E-state index in [1.807, 2.05) is 38.6 Å². The molecule has 0 bridgehead atoms. The van der Waals surface area contributed by atoms with E-state index in [0.717, 1.165) is 11.1 Å². The summed E-state index contributed by atoms with van der Waals surface area (Å²) in [5, 5.41) is 5.51. The lowest BCUT2D eigenvalue weighted by molar-refractivity contribution is 0.713. The highest BCUT2D eigenvalue weighted by Gasteiger charge is 2.02. The van der Waals surface area contributed by atoms with E-state index in [9.17, 15) is 0 Å². The van der Waals surface area contributed by atoms with Gasteiger partial charge < -0.3 is 5.73 Å². The zero-order valence-electron chi connectivity index (χ0n) is 14.5. The minimum Gasteiger partial charge on any atom is -0.333 e. The van der Waals surface area contributed by atoms with Crippen LogP contribution in [0.15, 0.2) is 49.2 Å². The summed E-state index contributed by atoms with van der Waals surface area (Å²) in [4.78, 5) is 0. The maximum absolute atomic E-state index is 4.50. The summed E-state index contributed by atoms with van der Waals surface area (Å²) in [6.45, 7) is 18.4. The van der Waals surface area contributed by atoms with Gasteiger partial charge in [-0.3, -0.25) is 4.68 Å². The van der Waals surface area contributed by atoms with E-state index in [1.165, 1.54) is 18.0 Å². The molecule has 0 aliphatic heterocycles. The molecule has 0 aliphatic carbocycles. The average Bonchev–Trinajstić information content (AvgIpc) is 2.95. The predicted molar refractivity (Wildman–Crippen MR) is 96.6 cm³/mol. The molecular weight excluding hydrogens is 258 g/mol. The number of hydrogen-bond donors (Lipinski definition) is 1. The summed E-state index contributed by atoms with van der Waals surface area (Å²) < 4.78 is 1.94. The van der Waals surface area contributed by atoms with Gasteiger partial charge in [-0.2, -0.15) is 5.10 Å². The van der Waals surface area contributed by atoms with Gasteiger partial charge in [-0.25, -0.2) is 0 Å². The third-order valence-corrected chi connectivity index (χ3v) is 2.44. The van der Waals surface area contributed by atoms with Crippen LogP contribution < -0.4 is 5.73 Å². The number of aryl methyl sites for hydroxylation is 1. The van der Waals surface area contributed by atoms with Gasteiger partial charge in [0.2, 0.25) is 0 Å². The van der Waals surface area contributed by atoms with Gasteiger partial charge in [0, 0.05) is 5.39 Å². The van der Waals surface area contributed by atoms with Gasteiger partial charge in [-0.1, -0.05) is 58.6 Å². The second kappa shape index (κ2) is 13.1. The van der Waals surface area contributed by atoms with Crippen molar-refractivity contribution in [3.8, 4) is 0 Å². The van der Waals surface area contributed by atoms with Crippen LogP contribution in [-0.4, -0.2) is 16.8 Å². The molecule has 2 N–H and O–H groups in total. The van der Waals surface area contributed by atoms with E-state index in [-0.39, 0.29) is 0 Å². The molecule has 0 radical (unpaired) electrons. The van der Waals surface area contributed by atoms with Crippen molar-refractivity contribution in [2.45, 2.75) is 41.2 Å². The molecule has 0 saturated heterocycles. The molecule has 1 heterocycles. The number of fused-ring (bicyclic) bond motifs is 1. The second-order valence-corrected chi connectivity index (χ2v) is 3.73. The van der Waals surface area contributed by atoms with Crippen molar-refractivity contribution in [3.05, 3.63) is 54.8 Å². The summed E-state index contributed by atoms with van der Waals surface area (Å²) in [5.41, 5.74) is 7.87. The molecule has 2 rings (SSSR count). The molecule has 3 nitrogen and oxygen atoms in total. The van der Waals surface area contributed by atoms with Crippen molar-refractivity contribution < 1.29 is 0 Å². The lowest BCUT2D eigenvalue weighted by Crippen LogP contribution is -2.00. The highest BCUT2D eigenvalue weighted by atomic mass is 15.3. The molecule has 1 aromatic heterocycles. The second-order valence-electron chi connectivity index (χ2n) is 3.73. The lowest BCUT2D eigenvalue weighted by atomic mass is 10.2. The summed E-state index contributed by atoms with van der Waals surface area (Å²) in [6.07, 6.45) is 3.65. The topological polar surface area (TPSA) is 43.8 Å². The molecule has 0 atom stereocenters. The molecule has 0 saturated carbocycles. The normalized spacial score (nSPS) is 8.33. The largest absolute Gasteiger partial charge is 0.333 e. The average molecular weight is 289 g/mol. The van der Waals surface area contributed by atoms with E-state index in [4.69, 9.17) is 0 Å². The first-order chi connectivity index (χ1) is 10.2. The molecule has 1 aromatic carbocycles. The Balaban J connectivity index is 0. The number of nitrogens with two attached hydrogens (primary N) is 1. The van der Waals surface area contributed by atoms with Crippen molar-refractivity contribution in [2.75, 3.05) is 7.05 Å². The first kappa shape index (κ1) is 21.4. The van der Waals surface area contributed by atoms with E-state index in [1.54, 1.807) is 6.08 Å². The summed E-state index contributed by atoms with van der Waals surface area (Å²) in [6, 6.07) is 6.32. The van der Waals surface area contributed by atoms with Gasteiger partial charge in [0.15, 0.2) is 0 Å². The smallest absolute Gasteiger partial charge is 0.0686 e. The van der Waals surface area contributed by atoms with Crippen LogP contribution in [0, 0.1) is 6.92 Å². The van der Waals surface area contributed by atoms with Gasteiger partial charge in [0.05, 0.1) is 18.3 Å². The Bertz CT molecular complexity index is 524. The number of hydrogen-bond acceptors (Lipinski definition) is 2. The minimum atomic E-state index is 0.704. The Kier molecular flexibility index (Phi) is 13.4. The van der Waals surface area contributed by atoms with Gasteiger partial charge in [0.1, 0.15) is 0 Å². The van der Waals surface area contributed by atoms with E-state index >= 15 is 0 Å². The third kappa shape index (κ3) is 6.91. The minimum absolute atomic E-state index is 0.704. The molecular formula is C18H31N3. The highest BCUT2D eigenvalue weighted by Crippen LogP contribution is 2.16. The number of nitrogens with zero attached hydrogens (tertiary/aromatic N) is 2. The van der Waals surface area contributed by atoms with Crippen molar-refractivity contribution in [1.82, 2.24) is 9.78 Å². The number of aromatic nitrogens is 2. The van der Waals surface area contributed by atoms with Crippen LogP contribution in [0.1, 0.15) is 33.3 Å². The molecule has 118 valence electrons. The van der Waals surface area contributed by atoms with Gasteiger partial charge in [0.25, 0.3) is 0 Å². The molecule has 0 aliphatic rings. The van der Waals surface area contributed by atoms with Crippen molar-refractivity contribution >= 4 is 10.9 Å². The quantitative estimate of drug-likeness (QED) is 0.831. The maximum Gasteiger partial charge on any atom is 0.0686 e. The van der Waals surface area contributed by atoms with Crippen LogP contribution in [0.2, 0.25) is 0 Å². The van der Waals surface area contributed by atoms with Crippen LogP contribution in [0.5, 0.6) is 0 Å². The Morgan fingerprint density at radius 1 is 1.24 bits per heavy atom. The van der Waals surface area contributed by atoms with E-state index in [0.29, 0.717) is 6.54 Å². The summed E-state index contributed by atoms with van der Waals surface area (Å²) in [5.74, 6) is 0. The van der Waals surface area contributed by atoms with Crippen molar-refractivity contribution in [2.24, 2.45) is 5.73 Å². The fraction of sp³-hybridized carbons (Fsp3) is 0.389. The first-order valence-electron chi connectivity index (χ1n) is 7.51. The maximum atomic E-state index is 4.50. The third-order valence-electron chi connectivity index (χ3n) is 2.44. The van der Waals surface area contributed by atoms with Gasteiger partial charge in [-0.15, -0.1) is 0 Å². The fourth-order valence-corrected chi connectivity index (χ4v) is 1.59. The molecule has 3 heteroatoms. The van der Waals surface area contributed by atoms with Gasteiger partial charge >= 0.3 is 0 Å². The van der Waals surface area contributed by atoms with Crippen molar-refractivity contribution in [1.29, 1.82) is 0 Å². The monoisotopic (exact) mass is 289 g/mol. The van der Waals surface area contributed by atoms with Crippen LogP contribution in [0.25, 0.3) is 10.9 Å².